The standard InChI is InChI=1S/C17H15FN2O2/c18-14-7-5-12(6-8-14)10-19-17(21)20-11-15-9-13-3-1-2-4-16(13)22-15/h1-9H,10-11H2,(H2,19,20,21). The maximum Gasteiger partial charge on any atom is 0.315 e. The summed E-state index contributed by atoms with van der Waals surface area (Å²) in [7, 11) is 0. The molecular formula is C17H15FN2O2. The number of rotatable bonds is 4. The Labute approximate surface area is 126 Å². The quantitative estimate of drug-likeness (QED) is 0.773. The van der Waals surface area contributed by atoms with Crippen molar-refractivity contribution in [3.8, 4) is 0 Å². The Morgan fingerprint density at radius 2 is 1.73 bits per heavy atom. The summed E-state index contributed by atoms with van der Waals surface area (Å²) in [5.41, 5.74) is 1.63. The van der Waals surface area contributed by atoms with Gasteiger partial charge in [0.2, 0.25) is 0 Å². The average molecular weight is 298 g/mol. The number of nitrogens with one attached hydrogen (secondary N) is 2. The molecule has 2 aromatic carbocycles. The minimum absolute atomic E-state index is 0.293. The number of benzene rings is 2. The van der Waals surface area contributed by atoms with E-state index >= 15 is 0 Å². The van der Waals surface area contributed by atoms with Gasteiger partial charge in [-0.05, 0) is 29.8 Å². The van der Waals surface area contributed by atoms with Crippen molar-refractivity contribution < 1.29 is 13.6 Å². The number of carbonyl (C=O) groups excluding carboxylic acids is 1. The van der Waals surface area contributed by atoms with Gasteiger partial charge in [0.25, 0.3) is 0 Å². The maximum absolute atomic E-state index is 12.8. The van der Waals surface area contributed by atoms with E-state index in [1.54, 1.807) is 12.1 Å². The summed E-state index contributed by atoms with van der Waals surface area (Å²) in [6, 6.07) is 15.3. The molecule has 2 N–H and O–H groups in total. The number of furan rings is 1. The van der Waals surface area contributed by atoms with Gasteiger partial charge in [0.15, 0.2) is 0 Å². The van der Waals surface area contributed by atoms with Gasteiger partial charge in [-0.2, -0.15) is 0 Å². The van der Waals surface area contributed by atoms with E-state index in [2.05, 4.69) is 10.6 Å². The molecule has 3 aromatic rings. The minimum Gasteiger partial charge on any atom is -0.459 e. The van der Waals surface area contributed by atoms with Gasteiger partial charge < -0.3 is 15.1 Å². The first-order valence-electron chi connectivity index (χ1n) is 6.94. The molecule has 0 radical (unpaired) electrons. The first-order chi connectivity index (χ1) is 10.7. The van der Waals surface area contributed by atoms with Crippen LogP contribution in [0.25, 0.3) is 11.0 Å². The number of hydrogen-bond donors (Lipinski definition) is 2. The molecule has 4 nitrogen and oxygen atoms in total. The molecule has 0 unspecified atom stereocenters. The summed E-state index contributed by atoms with van der Waals surface area (Å²) in [4.78, 5) is 11.7. The highest BCUT2D eigenvalue weighted by atomic mass is 19.1. The Hall–Kier alpha value is -2.82. The zero-order valence-corrected chi connectivity index (χ0v) is 11.8. The van der Waals surface area contributed by atoms with Gasteiger partial charge >= 0.3 is 6.03 Å². The van der Waals surface area contributed by atoms with Gasteiger partial charge in [-0.25, -0.2) is 9.18 Å². The van der Waals surface area contributed by atoms with Crippen LogP contribution < -0.4 is 10.6 Å². The second kappa shape index (κ2) is 6.30. The Bertz CT molecular complexity index is 748. The summed E-state index contributed by atoms with van der Waals surface area (Å²) in [6.07, 6.45) is 0. The third-order valence-electron chi connectivity index (χ3n) is 3.27. The number of amides is 2. The fourth-order valence-corrected chi connectivity index (χ4v) is 2.14. The van der Waals surface area contributed by atoms with Gasteiger partial charge in [-0.3, -0.25) is 0 Å². The summed E-state index contributed by atoms with van der Waals surface area (Å²) in [6.45, 7) is 0.649. The lowest BCUT2D eigenvalue weighted by Crippen LogP contribution is -2.34. The third kappa shape index (κ3) is 3.44. The van der Waals surface area contributed by atoms with Crippen LogP contribution in [0.5, 0.6) is 0 Å². The zero-order valence-electron chi connectivity index (χ0n) is 11.8. The van der Waals surface area contributed by atoms with Crippen molar-refractivity contribution in [1.29, 1.82) is 0 Å². The predicted molar refractivity (Wildman–Crippen MR) is 81.7 cm³/mol. The van der Waals surface area contributed by atoms with Crippen LogP contribution in [-0.2, 0) is 13.1 Å². The molecule has 0 saturated carbocycles. The lowest BCUT2D eigenvalue weighted by atomic mass is 10.2. The fourth-order valence-electron chi connectivity index (χ4n) is 2.14. The molecule has 1 heterocycles. The zero-order chi connectivity index (χ0) is 15.4. The van der Waals surface area contributed by atoms with Crippen molar-refractivity contribution in [2.75, 3.05) is 0 Å². The van der Waals surface area contributed by atoms with Crippen molar-refractivity contribution in [2.24, 2.45) is 0 Å². The number of para-hydroxylation sites is 1. The van der Waals surface area contributed by atoms with Crippen molar-refractivity contribution in [3.05, 3.63) is 71.7 Å². The SMILES string of the molecule is O=C(NCc1ccc(F)cc1)NCc1cc2ccccc2o1. The Balaban J connectivity index is 1.50. The highest BCUT2D eigenvalue weighted by Crippen LogP contribution is 2.18. The molecule has 0 bridgehead atoms. The molecule has 0 saturated heterocycles. The molecule has 112 valence electrons. The van der Waals surface area contributed by atoms with E-state index in [0.29, 0.717) is 18.8 Å². The first-order valence-corrected chi connectivity index (χ1v) is 6.94. The van der Waals surface area contributed by atoms with Crippen molar-refractivity contribution in [1.82, 2.24) is 10.6 Å². The maximum atomic E-state index is 12.8. The van der Waals surface area contributed by atoms with Crippen LogP contribution in [0.2, 0.25) is 0 Å². The lowest BCUT2D eigenvalue weighted by molar-refractivity contribution is 0.239. The van der Waals surface area contributed by atoms with Gasteiger partial charge in [0, 0.05) is 11.9 Å². The van der Waals surface area contributed by atoms with Gasteiger partial charge in [0.1, 0.15) is 17.2 Å². The molecule has 0 aliphatic heterocycles. The number of halogens is 1. The monoisotopic (exact) mass is 298 g/mol. The van der Waals surface area contributed by atoms with E-state index in [4.69, 9.17) is 4.42 Å². The van der Waals surface area contributed by atoms with E-state index in [1.807, 2.05) is 30.3 Å². The third-order valence-corrected chi connectivity index (χ3v) is 3.27. The number of urea groups is 1. The van der Waals surface area contributed by atoms with E-state index in [9.17, 15) is 9.18 Å². The normalized spacial score (nSPS) is 10.6. The van der Waals surface area contributed by atoms with E-state index in [0.717, 1.165) is 16.5 Å². The summed E-state index contributed by atoms with van der Waals surface area (Å²) < 4.78 is 18.4. The van der Waals surface area contributed by atoms with Crippen LogP contribution >= 0.6 is 0 Å². The highest BCUT2D eigenvalue weighted by Gasteiger charge is 2.05. The second-order valence-electron chi connectivity index (χ2n) is 4.91. The molecule has 1 aromatic heterocycles. The summed E-state index contributed by atoms with van der Waals surface area (Å²) >= 11 is 0. The number of hydrogen-bond acceptors (Lipinski definition) is 2. The van der Waals surface area contributed by atoms with Crippen LogP contribution in [0.15, 0.2) is 59.0 Å². The van der Waals surface area contributed by atoms with Crippen LogP contribution in [0.4, 0.5) is 9.18 Å². The molecule has 2 amide bonds. The summed E-state index contributed by atoms with van der Waals surface area (Å²) in [5.74, 6) is 0.399. The molecule has 0 fully saturated rings. The molecule has 0 atom stereocenters. The fraction of sp³-hybridized carbons (Fsp3) is 0.118. The van der Waals surface area contributed by atoms with E-state index in [-0.39, 0.29) is 11.8 Å². The van der Waals surface area contributed by atoms with Crippen LogP contribution in [0.1, 0.15) is 11.3 Å². The molecule has 5 heteroatoms. The lowest BCUT2D eigenvalue weighted by Gasteiger charge is -2.06. The van der Waals surface area contributed by atoms with E-state index < -0.39 is 0 Å². The van der Waals surface area contributed by atoms with E-state index in [1.165, 1.54) is 12.1 Å². The Morgan fingerprint density at radius 1 is 1.00 bits per heavy atom. The largest absolute Gasteiger partial charge is 0.459 e. The molecule has 3 rings (SSSR count). The van der Waals surface area contributed by atoms with Gasteiger partial charge in [-0.1, -0.05) is 30.3 Å². The van der Waals surface area contributed by atoms with Gasteiger partial charge in [0.05, 0.1) is 6.54 Å². The van der Waals surface area contributed by atoms with Crippen molar-refractivity contribution >= 4 is 17.0 Å². The molecule has 22 heavy (non-hydrogen) atoms. The Morgan fingerprint density at radius 3 is 2.50 bits per heavy atom. The molecular weight excluding hydrogens is 283 g/mol. The molecule has 0 aliphatic rings. The topological polar surface area (TPSA) is 54.3 Å². The van der Waals surface area contributed by atoms with Gasteiger partial charge in [-0.15, -0.1) is 0 Å². The van der Waals surface area contributed by atoms with Crippen molar-refractivity contribution in [3.63, 3.8) is 0 Å². The molecule has 0 spiro atoms. The van der Waals surface area contributed by atoms with Crippen molar-refractivity contribution in [2.45, 2.75) is 13.1 Å². The number of carbonyl (C=O) groups is 1. The van der Waals surface area contributed by atoms with Crippen LogP contribution in [0.3, 0.4) is 0 Å². The van der Waals surface area contributed by atoms with Crippen LogP contribution in [-0.4, -0.2) is 6.03 Å². The smallest absolute Gasteiger partial charge is 0.315 e. The Kier molecular flexibility index (Phi) is 4.05. The minimum atomic E-state index is -0.301. The second-order valence-corrected chi connectivity index (χ2v) is 4.91. The average Bonchev–Trinajstić information content (AvgIpc) is 2.95. The highest BCUT2D eigenvalue weighted by molar-refractivity contribution is 5.78. The summed E-state index contributed by atoms with van der Waals surface area (Å²) in [5, 5.41) is 6.44. The first kappa shape index (κ1) is 14.1. The predicted octanol–water partition coefficient (Wildman–Crippen LogP) is 3.57. The number of fused-ring (bicyclic) bond motifs is 1. The van der Waals surface area contributed by atoms with Crippen LogP contribution in [0, 0.1) is 5.82 Å². The molecule has 0 aliphatic carbocycles.